The third kappa shape index (κ3) is 2.69. The molecule has 4 nitrogen and oxygen atoms in total. The first-order valence-electron chi connectivity index (χ1n) is 7.95. The molecule has 0 fully saturated rings. The standard InChI is InChI=1S/C19H17BrN2O2/c1-22-9-3-4-12-10-13(7-8-16(12)22)21-19(23)18-11-14-15(20)5-2-6-17(14)24-18/h2,5-8,10-11H,3-4,9H2,1H3,(H,21,23). The number of carbonyl (C=O) groups is 1. The van der Waals surface area contributed by atoms with Crippen molar-refractivity contribution < 1.29 is 9.21 Å². The Morgan fingerprint density at radius 1 is 1.25 bits per heavy atom. The first-order valence-corrected chi connectivity index (χ1v) is 8.74. The van der Waals surface area contributed by atoms with Gasteiger partial charge < -0.3 is 14.6 Å². The van der Waals surface area contributed by atoms with Gasteiger partial charge in [-0.1, -0.05) is 22.0 Å². The molecule has 1 N–H and O–H groups in total. The SMILES string of the molecule is CN1CCCc2cc(NC(=O)c3cc4c(Br)cccc4o3)ccc21. The minimum Gasteiger partial charge on any atom is -0.451 e. The smallest absolute Gasteiger partial charge is 0.291 e. The quantitative estimate of drug-likeness (QED) is 0.687. The van der Waals surface area contributed by atoms with Crippen molar-refractivity contribution in [2.45, 2.75) is 12.8 Å². The molecule has 2 aromatic carbocycles. The third-order valence-corrected chi connectivity index (χ3v) is 5.11. The van der Waals surface area contributed by atoms with Gasteiger partial charge in [0, 0.05) is 34.8 Å². The fraction of sp³-hybridized carbons (Fsp3) is 0.211. The van der Waals surface area contributed by atoms with E-state index in [9.17, 15) is 4.79 Å². The molecule has 1 aliphatic heterocycles. The number of benzene rings is 2. The van der Waals surface area contributed by atoms with Crippen LogP contribution in [-0.2, 0) is 6.42 Å². The molecule has 1 aromatic heterocycles. The molecule has 1 aliphatic rings. The Kier molecular flexibility index (Phi) is 3.81. The normalized spacial score (nSPS) is 13.8. The molecule has 0 unspecified atom stereocenters. The number of anilines is 2. The second kappa shape index (κ2) is 5.98. The third-order valence-electron chi connectivity index (χ3n) is 4.42. The maximum atomic E-state index is 12.5. The number of hydrogen-bond acceptors (Lipinski definition) is 3. The van der Waals surface area contributed by atoms with E-state index in [-0.39, 0.29) is 5.91 Å². The number of rotatable bonds is 2. The maximum absolute atomic E-state index is 12.5. The molecule has 4 rings (SSSR count). The van der Waals surface area contributed by atoms with E-state index < -0.39 is 0 Å². The highest BCUT2D eigenvalue weighted by Gasteiger charge is 2.17. The van der Waals surface area contributed by atoms with Crippen LogP contribution >= 0.6 is 15.9 Å². The van der Waals surface area contributed by atoms with Crippen LogP contribution in [0.25, 0.3) is 11.0 Å². The fourth-order valence-electron chi connectivity index (χ4n) is 3.19. The Balaban J connectivity index is 1.60. The zero-order valence-electron chi connectivity index (χ0n) is 13.3. The van der Waals surface area contributed by atoms with Crippen LogP contribution in [-0.4, -0.2) is 19.5 Å². The Morgan fingerprint density at radius 3 is 2.96 bits per heavy atom. The van der Waals surface area contributed by atoms with Gasteiger partial charge in [-0.2, -0.15) is 0 Å². The summed E-state index contributed by atoms with van der Waals surface area (Å²) in [6, 6.07) is 13.5. The number of nitrogens with one attached hydrogen (secondary N) is 1. The van der Waals surface area contributed by atoms with Gasteiger partial charge in [0.1, 0.15) is 5.58 Å². The summed E-state index contributed by atoms with van der Waals surface area (Å²) >= 11 is 3.48. The molecule has 0 saturated carbocycles. The van der Waals surface area contributed by atoms with Crippen molar-refractivity contribution in [1.29, 1.82) is 0 Å². The summed E-state index contributed by atoms with van der Waals surface area (Å²) < 4.78 is 6.58. The van der Waals surface area contributed by atoms with Gasteiger partial charge in [0.25, 0.3) is 5.91 Å². The van der Waals surface area contributed by atoms with E-state index in [4.69, 9.17) is 4.42 Å². The van der Waals surface area contributed by atoms with Crippen LogP contribution < -0.4 is 10.2 Å². The summed E-state index contributed by atoms with van der Waals surface area (Å²) in [5.41, 5.74) is 4.01. The van der Waals surface area contributed by atoms with Gasteiger partial charge in [-0.25, -0.2) is 0 Å². The molecule has 0 saturated heterocycles. The van der Waals surface area contributed by atoms with Crippen molar-refractivity contribution in [1.82, 2.24) is 0 Å². The number of hydrogen-bond donors (Lipinski definition) is 1. The molecule has 0 radical (unpaired) electrons. The molecule has 5 heteroatoms. The number of carbonyl (C=O) groups excluding carboxylic acids is 1. The molecule has 0 spiro atoms. The molecular weight excluding hydrogens is 368 g/mol. The van der Waals surface area contributed by atoms with Gasteiger partial charge in [-0.05, 0) is 54.8 Å². The largest absolute Gasteiger partial charge is 0.451 e. The van der Waals surface area contributed by atoms with Gasteiger partial charge >= 0.3 is 0 Å². The van der Waals surface area contributed by atoms with Crippen LogP contribution in [0, 0.1) is 0 Å². The number of nitrogens with zero attached hydrogens (tertiary/aromatic N) is 1. The molecule has 24 heavy (non-hydrogen) atoms. The Bertz CT molecular complexity index is 932. The zero-order chi connectivity index (χ0) is 16.7. The number of amides is 1. The second-order valence-corrected chi connectivity index (χ2v) is 6.94. The average Bonchev–Trinajstić information content (AvgIpc) is 3.01. The van der Waals surface area contributed by atoms with Crippen molar-refractivity contribution in [3.05, 3.63) is 58.3 Å². The Labute approximate surface area is 148 Å². The van der Waals surface area contributed by atoms with E-state index in [0.717, 1.165) is 34.9 Å². The Morgan fingerprint density at radius 2 is 2.12 bits per heavy atom. The van der Waals surface area contributed by atoms with E-state index >= 15 is 0 Å². The van der Waals surface area contributed by atoms with E-state index in [1.807, 2.05) is 24.3 Å². The van der Waals surface area contributed by atoms with E-state index in [1.165, 1.54) is 11.3 Å². The molecule has 0 bridgehead atoms. The van der Waals surface area contributed by atoms with Crippen LogP contribution in [0.2, 0.25) is 0 Å². The number of aryl methyl sites for hydroxylation is 1. The van der Waals surface area contributed by atoms with Crippen molar-refractivity contribution in [2.24, 2.45) is 0 Å². The van der Waals surface area contributed by atoms with Crippen LogP contribution in [0.1, 0.15) is 22.5 Å². The lowest BCUT2D eigenvalue weighted by molar-refractivity contribution is 0.0998. The monoisotopic (exact) mass is 384 g/mol. The number of fused-ring (bicyclic) bond motifs is 2. The minimum absolute atomic E-state index is 0.234. The first kappa shape index (κ1) is 15.3. The second-order valence-electron chi connectivity index (χ2n) is 6.09. The minimum atomic E-state index is -0.234. The fourth-order valence-corrected chi connectivity index (χ4v) is 3.66. The van der Waals surface area contributed by atoms with Crippen molar-refractivity contribution in [2.75, 3.05) is 23.8 Å². The summed E-state index contributed by atoms with van der Waals surface area (Å²) in [7, 11) is 2.10. The molecule has 3 aromatic rings. The van der Waals surface area contributed by atoms with Crippen molar-refractivity contribution in [3.63, 3.8) is 0 Å². The van der Waals surface area contributed by atoms with Crippen LogP contribution in [0.3, 0.4) is 0 Å². The summed E-state index contributed by atoms with van der Waals surface area (Å²) in [6.07, 6.45) is 2.18. The van der Waals surface area contributed by atoms with Gasteiger partial charge in [0.2, 0.25) is 0 Å². The van der Waals surface area contributed by atoms with E-state index in [1.54, 1.807) is 6.07 Å². The molecule has 0 aliphatic carbocycles. The topological polar surface area (TPSA) is 45.5 Å². The summed E-state index contributed by atoms with van der Waals surface area (Å²) in [4.78, 5) is 14.7. The highest BCUT2D eigenvalue weighted by Crippen LogP contribution is 2.30. The van der Waals surface area contributed by atoms with Crippen LogP contribution in [0.5, 0.6) is 0 Å². The predicted molar refractivity (Wildman–Crippen MR) is 99.9 cm³/mol. The van der Waals surface area contributed by atoms with Crippen molar-refractivity contribution in [3.8, 4) is 0 Å². The molecule has 2 heterocycles. The lowest BCUT2D eigenvalue weighted by Gasteiger charge is -2.27. The lowest BCUT2D eigenvalue weighted by atomic mass is 10.0. The summed E-state index contributed by atoms with van der Waals surface area (Å²) in [5.74, 6) is 0.0777. The van der Waals surface area contributed by atoms with Gasteiger partial charge in [-0.3, -0.25) is 4.79 Å². The molecule has 1 amide bonds. The lowest BCUT2D eigenvalue weighted by Crippen LogP contribution is -2.24. The van der Waals surface area contributed by atoms with Gasteiger partial charge in [0.15, 0.2) is 5.76 Å². The Hall–Kier alpha value is -2.27. The molecule has 0 atom stereocenters. The van der Waals surface area contributed by atoms with E-state index in [0.29, 0.717) is 11.3 Å². The zero-order valence-corrected chi connectivity index (χ0v) is 14.9. The van der Waals surface area contributed by atoms with Gasteiger partial charge in [0.05, 0.1) is 0 Å². The van der Waals surface area contributed by atoms with Crippen molar-refractivity contribution >= 4 is 44.2 Å². The highest BCUT2D eigenvalue weighted by molar-refractivity contribution is 9.10. The first-order chi connectivity index (χ1) is 11.6. The summed E-state index contributed by atoms with van der Waals surface area (Å²) in [5, 5.41) is 3.83. The highest BCUT2D eigenvalue weighted by atomic mass is 79.9. The number of furan rings is 1. The molecular formula is C19H17BrN2O2. The number of halogens is 1. The molecule has 122 valence electrons. The van der Waals surface area contributed by atoms with Crippen LogP contribution in [0.15, 0.2) is 51.4 Å². The maximum Gasteiger partial charge on any atom is 0.291 e. The average molecular weight is 385 g/mol. The van der Waals surface area contributed by atoms with E-state index in [2.05, 4.69) is 45.3 Å². The predicted octanol–water partition coefficient (Wildman–Crippen LogP) is 4.83. The van der Waals surface area contributed by atoms with Gasteiger partial charge in [-0.15, -0.1) is 0 Å². The summed E-state index contributed by atoms with van der Waals surface area (Å²) in [6.45, 7) is 1.08. The van der Waals surface area contributed by atoms with Crippen LogP contribution in [0.4, 0.5) is 11.4 Å².